The van der Waals surface area contributed by atoms with Crippen molar-refractivity contribution in [1.82, 2.24) is 0 Å². The van der Waals surface area contributed by atoms with Gasteiger partial charge in [-0.05, 0) is 123 Å². The van der Waals surface area contributed by atoms with Crippen LogP contribution in [-0.4, -0.2) is 9.85 Å². The van der Waals surface area contributed by atoms with E-state index in [1.165, 1.54) is 72.8 Å². The monoisotopic (exact) mass is 1000 g/mol. The van der Waals surface area contributed by atoms with Crippen LogP contribution < -0.4 is 4.74 Å². The van der Waals surface area contributed by atoms with E-state index < -0.39 is 133 Å². The van der Waals surface area contributed by atoms with Gasteiger partial charge in [0.25, 0.3) is 11.4 Å². The second kappa shape index (κ2) is 19.0. The van der Waals surface area contributed by atoms with Gasteiger partial charge in [0, 0.05) is 45.5 Å². The molecule has 0 N–H and O–H groups in total. The van der Waals surface area contributed by atoms with Crippen molar-refractivity contribution < 1.29 is 40.9 Å². The van der Waals surface area contributed by atoms with Crippen LogP contribution in [0.4, 0.5) is 37.7 Å². The Morgan fingerprint density at radius 2 is 0.592 bits per heavy atom. The van der Waals surface area contributed by atoms with Gasteiger partial charge in [-0.3, -0.25) is 20.2 Å². The van der Waals surface area contributed by atoms with E-state index in [2.05, 4.69) is 0 Å². The Kier molecular flexibility index (Phi) is 13.4. The van der Waals surface area contributed by atoms with Crippen LogP contribution in [0.5, 0.6) is 11.5 Å². The number of aryl methyl sites for hydroxylation is 6. The Hall–Kier alpha value is -7.48. The summed E-state index contributed by atoms with van der Waals surface area (Å²) in [4.78, 5) is 24.9. The van der Waals surface area contributed by atoms with Crippen molar-refractivity contribution in [2.75, 3.05) is 0 Å². The quantitative estimate of drug-likeness (QED) is 0.0526. The third kappa shape index (κ3) is 8.46. The Balaban J connectivity index is 1.52. The van der Waals surface area contributed by atoms with Crippen molar-refractivity contribution in [2.45, 2.75) is 52.4 Å². The molecule has 0 aliphatic carbocycles. The van der Waals surface area contributed by atoms with Gasteiger partial charge in [-0.1, -0.05) is 96.0 Å². The van der Waals surface area contributed by atoms with Gasteiger partial charge in [-0.15, -0.1) is 0 Å². The van der Waals surface area contributed by atoms with E-state index in [-0.39, 0.29) is 0 Å². The third-order valence-electron chi connectivity index (χ3n) is 12.7. The lowest BCUT2D eigenvalue weighted by Crippen LogP contribution is -2.36. The molecule has 0 aliphatic heterocycles. The molecule has 8 rings (SSSR count). The highest BCUT2D eigenvalue weighted by molar-refractivity contribution is 6.34. The van der Waals surface area contributed by atoms with Crippen molar-refractivity contribution >= 4 is 34.6 Å². The summed E-state index contributed by atoms with van der Waals surface area (Å²) in [5.41, 5.74) is -8.55. The van der Waals surface area contributed by atoms with Crippen LogP contribution in [0.3, 0.4) is 0 Å². The predicted octanol–water partition coefficient (Wildman–Crippen LogP) is 16.1. The van der Waals surface area contributed by atoms with E-state index in [0.29, 0.717) is 33.4 Å². The largest absolute Gasteiger partial charge is 0.454 e. The second-order valence-electron chi connectivity index (χ2n) is 17.6. The molecule has 0 aromatic heterocycles. The molecule has 7 nitrogen and oxygen atoms in total. The molecule has 360 valence electrons. The Bertz CT molecular complexity index is 3030. The maximum atomic E-state index is 17.0. The minimum Gasteiger partial charge on any atom is -0.454 e. The van der Waals surface area contributed by atoms with Crippen molar-refractivity contribution in [3.05, 3.63) is 277 Å². The molecule has 15 heteroatoms. The first kappa shape index (κ1) is 49.9. The standard InChI is InChI=1S/C56H40Cl2F6N2O5/c1-29-7-13-35(41(59)23-29)55(36-14-8-30(2)24-42(36)60,37-15-9-31(3)25-43(37)61)51-47(65(67)68)19-21-49(53(51)57)71-50-22-20-48(66(69)70)52(54(50)58)56(38-16-10-32(4)26-44(38)62,39-17-11-33(5)27-45(39)63)40-18-12-34(6)28-46(40)64/h7-28H,1-6H3. The van der Waals surface area contributed by atoms with E-state index in [9.17, 15) is 20.2 Å². The Morgan fingerprint density at radius 1 is 0.380 bits per heavy atom. The van der Waals surface area contributed by atoms with Crippen LogP contribution in [-0.2, 0) is 10.8 Å². The fourth-order valence-corrected chi connectivity index (χ4v) is 10.3. The molecule has 0 fully saturated rings. The number of nitrogens with zero attached hydrogens (tertiary/aromatic N) is 2. The van der Waals surface area contributed by atoms with E-state index >= 15 is 26.3 Å². The summed E-state index contributed by atoms with van der Waals surface area (Å²) in [5, 5.41) is 25.2. The van der Waals surface area contributed by atoms with Gasteiger partial charge in [0.05, 0.1) is 41.8 Å². The lowest BCUT2D eigenvalue weighted by atomic mass is 9.63. The molecular formula is C56H40Cl2F6N2O5. The molecule has 0 radical (unpaired) electrons. The first-order valence-corrected chi connectivity index (χ1v) is 22.6. The summed E-state index contributed by atoms with van der Waals surface area (Å²) in [6.07, 6.45) is 0. The Labute approximate surface area is 414 Å². The molecule has 0 atom stereocenters. The average molecular weight is 1010 g/mol. The van der Waals surface area contributed by atoms with E-state index in [1.807, 2.05) is 0 Å². The molecular weight excluding hydrogens is 966 g/mol. The van der Waals surface area contributed by atoms with Crippen LogP contribution in [0.15, 0.2) is 133 Å². The average Bonchev–Trinajstić information content (AvgIpc) is 3.28. The van der Waals surface area contributed by atoms with Crippen molar-refractivity contribution in [1.29, 1.82) is 0 Å². The maximum Gasteiger partial charge on any atom is 0.275 e. The van der Waals surface area contributed by atoms with Gasteiger partial charge in [-0.25, -0.2) is 26.3 Å². The number of nitro benzene ring substituents is 2. The van der Waals surface area contributed by atoms with Crippen molar-refractivity contribution in [3.63, 3.8) is 0 Å². The smallest absolute Gasteiger partial charge is 0.275 e. The summed E-state index contributed by atoms with van der Waals surface area (Å²) in [6, 6.07) is 26.7. The molecule has 0 amide bonds. The summed E-state index contributed by atoms with van der Waals surface area (Å²) < 4.78 is 108. The van der Waals surface area contributed by atoms with Gasteiger partial charge >= 0.3 is 0 Å². The summed E-state index contributed by atoms with van der Waals surface area (Å²) in [6.45, 7) is 9.43. The topological polar surface area (TPSA) is 95.5 Å². The van der Waals surface area contributed by atoms with E-state index in [0.717, 1.165) is 60.7 Å². The first-order valence-electron chi connectivity index (χ1n) is 21.8. The van der Waals surface area contributed by atoms with Crippen LogP contribution >= 0.6 is 23.2 Å². The summed E-state index contributed by atoms with van der Waals surface area (Å²) >= 11 is 14.7. The van der Waals surface area contributed by atoms with E-state index in [4.69, 9.17) is 27.9 Å². The molecule has 0 bridgehead atoms. The van der Waals surface area contributed by atoms with E-state index in [1.54, 1.807) is 41.5 Å². The van der Waals surface area contributed by atoms with Crippen LogP contribution in [0, 0.1) is 96.7 Å². The molecule has 0 heterocycles. The first-order chi connectivity index (χ1) is 33.6. The van der Waals surface area contributed by atoms with Gasteiger partial charge < -0.3 is 4.74 Å². The van der Waals surface area contributed by atoms with Gasteiger partial charge in [0.15, 0.2) is 0 Å². The highest BCUT2D eigenvalue weighted by atomic mass is 35.5. The zero-order valence-corrected chi connectivity index (χ0v) is 40.2. The van der Waals surface area contributed by atoms with Crippen molar-refractivity contribution in [2.24, 2.45) is 0 Å². The van der Waals surface area contributed by atoms with Crippen LogP contribution in [0.1, 0.15) is 77.9 Å². The highest BCUT2D eigenvalue weighted by Gasteiger charge is 2.52. The minimum absolute atomic E-state index is 0.396. The zero-order valence-electron chi connectivity index (χ0n) is 38.7. The van der Waals surface area contributed by atoms with Gasteiger partial charge in [-0.2, -0.15) is 0 Å². The molecule has 0 aliphatic rings. The number of rotatable bonds is 12. The highest BCUT2D eigenvalue weighted by Crippen LogP contribution is 2.58. The lowest BCUT2D eigenvalue weighted by Gasteiger charge is -2.38. The summed E-state index contributed by atoms with van der Waals surface area (Å²) in [5.74, 6) is -7.13. The number of nitro groups is 2. The number of hydrogen-bond acceptors (Lipinski definition) is 5. The Morgan fingerprint density at radius 3 is 0.775 bits per heavy atom. The number of ether oxygens (including phenoxy) is 1. The van der Waals surface area contributed by atoms with Crippen molar-refractivity contribution in [3.8, 4) is 11.5 Å². The summed E-state index contributed by atoms with van der Waals surface area (Å²) in [7, 11) is 0. The SMILES string of the molecule is Cc1ccc(C(c2ccc(C)cc2F)(c2ccc(C)cc2F)c2c([N+](=O)[O-])ccc(Oc3ccc([N+](=O)[O-])c(C(c4ccc(C)cc4F)(c4ccc(C)cc4F)c4ccc(C)cc4F)c3Cl)c2Cl)c(F)c1. The molecule has 0 saturated heterocycles. The van der Waals surface area contributed by atoms with Crippen LogP contribution in [0.2, 0.25) is 10.0 Å². The third-order valence-corrected chi connectivity index (χ3v) is 13.5. The molecule has 0 saturated carbocycles. The lowest BCUT2D eigenvalue weighted by molar-refractivity contribution is -0.385. The fraction of sp³-hybridized carbons (Fsp3) is 0.143. The number of halogens is 8. The molecule has 0 unspecified atom stereocenters. The fourth-order valence-electron chi connectivity index (χ4n) is 9.61. The maximum absolute atomic E-state index is 17.0. The molecule has 8 aromatic carbocycles. The van der Waals surface area contributed by atoms with Gasteiger partial charge in [0.2, 0.25) is 0 Å². The zero-order chi connectivity index (χ0) is 51.4. The second-order valence-corrected chi connectivity index (χ2v) is 18.3. The van der Waals surface area contributed by atoms with Crippen LogP contribution in [0.25, 0.3) is 0 Å². The molecule has 0 spiro atoms. The van der Waals surface area contributed by atoms with Gasteiger partial charge in [0.1, 0.15) is 46.4 Å². The molecule has 8 aromatic rings. The number of hydrogen-bond donors (Lipinski definition) is 0. The molecule has 71 heavy (non-hydrogen) atoms. The number of benzene rings is 8. The normalized spacial score (nSPS) is 11.7. The minimum atomic E-state index is -2.62. The predicted molar refractivity (Wildman–Crippen MR) is 261 cm³/mol.